The maximum Gasteiger partial charge on any atom is 0.0897 e. The van der Waals surface area contributed by atoms with E-state index in [1.807, 2.05) is 6.92 Å². The van der Waals surface area contributed by atoms with E-state index in [4.69, 9.17) is 5.73 Å². The molecule has 1 heterocycles. The van der Waals surface area contributed by atoms with Gasteiger partial charge in [0.05, 0.1) is 10.7 Å². The zero-order valence-corrected chi connectivity index (χ0v) is 9.03. The summed E-state index contributed by atoms with van der Waals surface area (Å²) in [6.07, 6.45) is 3.36. The Hall–Kier alpha value is -0.410. The van der Waals surface area contributed by atoms with Crippen LogP contribution in [0.15, 0.2) is 5.38 Å². The van der Waals surface area contributed by atoms with E-state index in [0.717, 1.165) is 17.3 Å². The molecule has 13 heavy (non-hydrogen) atoms. The normalized spacial score (nSPS) is 32.1. The second-order valence-electron chi connectivity index (χ2n) is 4.08. The number of aryl methyl sites for hydroxylation is 1. The lowest BCUT2D eigenvalue weighted by atomic mass is 10.1. The Labute approximate surface area is 83.2 Å². The van der Waals surface area contributed by atoms with Crippen LogP contribution in [-0.2, 0) is 6.42 Å². The minimum atomic E-state index is 0.0786. The molecule has 1 saturated carbocycles. The van der Waals surface area contributed by atoms with Crippen LogP contribution >= 0.6 is 11.3 Å². The molecule has 0 radical (unpaired) electrons. The summed E-state index contributed by atoms with van der Waals surface area (Å²) in [5.41, 5.74) is 7.47. The maximum atomic E-state index is 6.21. The molecule has 2 atom stereocenters. The Morgan fingerprint density at radius 2 is 2.54 bits per heavy atom. The molecule has 3 heteroatoms. The molecular weight excluding hydrogens is 180 g/mol. The highest BCUT2D eigenvalue weighted by Crippen LogP contribution is 2.45. The lowest BCUT2D eigenvalue weighted by Gasteiger charge is -2.07. The Kier molecular flexibility index (Phi) is 2.16. The van der Waals surface area contributed by atoms with Crippen molar-refractivity contribution in [1.82, 2.24) is 4.98 Å². The largest absolute Gasteiger partial charge is 0.324 e. The van der Waals surface area contributed by atoms with Crippen LogP contribution in [0.1, 0.15) is 30.5 Å². The summed E-state index contributed by atoms with van der Waals surface area (Å²) in [5, 5.41) is 3.28. The summed E-state index contributed by atoms with van der Waals surface area (Å²) in [6, 6.07) is 0. The average Bonchev–Trinajstić information content (AvgIpc) is 2.54. The lowest BCUT2D eigenvalue weighted by molar-refractivity contribution is 0.573. The van der Waals surface area contributed by atoms with Crippen LogP contribution in [0.4, 0.5) is 0 Å². The van der Waals surface area contributed by atoms with Crippen molar-refractivity contribution in [2.75, 3.05) is 0 Å². The molecule has 0 aromatic carbocycles. The van der Waals surface area contributed by atoms with E-state index in [-0.39, 0.29) is 5.54 Å². The highest BCUT2D eigenvalue weighted by Gasteiger charge is 2.49. The van der Waals surface area contributed by atoms with E-state index < -0.39 is 0 Å². The van der Waals surface area contributed by atoms with Crippen molar-refractivity contribution in [3.8, 4) is 0 Å². The van der Waals surface area contributed by atoms with Gasteiger partial charge in [-0.2, -0.15) is 0 Å². The number of nitrogens with zero attached hydrogens (tertiary/aromatic N) is 1. The summed E-state index contributed by atoms with van der Waals surface area (Å²) < 4.78 is 0. The number of aromatic nitrogens is 1. The van der Waals surface area contributed by atoms with E-state index in [9.17, 15) is 0 Å². The molecule has 0 bridgehead atoms. The average molecular weight is 196 g/mol. The fourth-order valence-electron chi connectivity index (χ4n) is 1.99. The molecule has 0 saturated heterocycles. The molecule has 2 unspecified atom stereocenters. The molecular formula is C10H16N2S. The first kappa shape index (κ1) is 9.16. The van der Waals surface area contributed by atoms with Crippen molar-refractivity contribution in [1.29, 1.82) is 0 Å². The zero-order valence-electron chi connectivity index (χ0n) is 8.21. The minimum Gasteiger partial charge on any atom is -0.324 e. The number of nitrogens with two attached hydrogens (primary N) is 1. The molecule has 72 valence electrons. The van der Waals surface area contributed by atoms with E-state index in [1.54, 1.807) is 11.3 Å². The van der Waals surface area contributed by atoms with Crippen molar-refractivity contribution in [3.63, 3.8) is 0 Å². The van der Waals surface area contributed by atoms with Gasteiger partial charge in [-0.3, -0.25) is 0 Å². The number of thiazole rings is 1. The molecule has 2 nitrogen and oxygen atoms in total. The first-order valence-corrected chi connectivity index (χ1v) is 5.72. The van der Waals surface area contributed by atoms with Gasteiger partial charge < -0.3 is 5.73 Å². The molecule has 2 N–H and O–H groups in total. The van der Waals surface area contributed by atoms with Crippen LogP contribution < -0.4 is 5.73 Å². The van der Waals surface area contributed by atoms with Gasteiger partial charge in [0.1, 0.15) is 0 Å². The summed E-state index contributed by atoms with van der Waals surface area (Å²) in [4.78, 5) is 4.44. The van der Waals surface area contributed by atoms with Gasteiger partial charge in [-0.25, -0.2) is 4.98 Å². The van der Waals surface area contributed by atoms with Crippen LogP contribution in [0.25, 0.3) is 0 Å². The van der Waals surface area contributed by atoms with Crippen LogP contribution in [0.2, 0.25) is 0 Å². The molecule has 2 rings (SSSR count). The van der Waals surface area contributed by atoms with Gasteiger partial charge in [0.25, 0.3) is 0 Å². The van der Waals surface area contributed by atoms with Crippen molar-refractivity contribution in [2.45, 2.75) is 38.6 Å². The summed E-state index contributed by atoms with van der Waals surface area (Å²) in [7, 11) is 0. The molecule has 1 aromatic heterocycles. The van der Waals surface area contributed by atoms with Crippen LogP contribution in [-0.4, -0.2) is 10.5 Å². The third-order valence-electron chi connectivity index (χ3n) is 2.95. The predicted molar refractivity (Wildman–Crippen MR) is 55.9 cm³/mol. The standard InChI is InChI=1S/C10H16N2S/c1-3-8-4-10(8,11)5-9-6-13-7(2)12-9/h6,8H,3-5,11H2,1-2H3. The Balaban J connectivity index is 2.00. The Morgan fingerprint density at radius 3 is 3.00 bits per heavy atom. The second kappa shape index (κ2) is 3.07. The van der Waals surface area contributed by atoms with Gasteiger partial charge in [-0.1, -0.05) is 13.3 Å². The highest BCUT2D eigenvalue weighted by atomic mass is 32.1. The third kappa shape index (κ3) is 1.76. The van der Waals surface area contributed by atoms with Crippen molar-refractivity contribution < 1.29 is 0 Å². The lowest BCUT2D eigenvalue weighted by Crippen LogP contribution is -2.27. The second-order valence-corrected chi connectivity index (χ2v) is 5.14. The third-order valence-corrected chi connectivity index (χ3v) is 3.77. The fourth-order valence-corrected chi connectivity index (χ4v) is 2.61. The monoisotopic (exact) mass is 196 g/mol. The smallest absolute Gasteiger partial charge is 0.0897 e. The molecule has 1 fully saturated rings. The van der Waals surface area contributed by atoms with Crippen LogP contribution in [0.5, 0.6) is 0 Å². The molecule has 0 aliphatic heterocycles. The number of rotatable bonds is 3. The maximum absolute atomic E-state index is 6.21. The van der Waals surface area contributed by atoms with Gasteiger partial charge >= 0.3 is 0 Å². The fraction of sp³-hybridized carbons (Fsp3) is 0.700. The summed E-state index contributed by atoms with van der Waals surface area (Å²) in [6.45, 7) is 4.26. The van der Waals surface area contributed by atoms with E-state index >= 15 is 0 Å². The Bertz CT molecular complexity index is 308. The van der Waals surface area contributed by atoms with Gasteiger partial charge in [-0.15, -0.1) is 11.3 Å². The molecule has 1 aliphatic carbocycles. The first-order chi connectivity index (χ1) is 6.14. The molecule has 1 aliphatic rings. The minimum absolute atomic E-state index is 0.0786. The number of hydrogen-bond donors (Lipinski definition) is 1. The SMILES string of the molecule is CCC1CC1(N)Cc1csc(C)n1. The first-order valence-electron chi connectivity index (χ1n) is 4.84. The summed E-state index contributed by atoms with van der Waals surface area (Å²) in [5.74, 6) is 0.731. The highest BCUT2D eigenvalue weighted by molar-refractivity contribution is 7.09. The number of hydrogen-bond acceptors (Lipinski definition) is 3. The van der Waals surface area contributed by atoms with E-state index in [2.05, 4.69) is 17.3 Å². The molecule has 1 aromatic rings. The van der Waals surface area contributed by atoms with Crippen molar-refractivity contribution in [2.24, 2.45) is 11.7 Å². The van der Waals surface area contributed by atoms with Gasteiger partial charge in [0.15, 0.2) is 0 Å². The van der Waals surface area contributed by atoms with Gasteiger partial charge in [-0.05, 0) is 19.3 Å². The zero-order chi connectivity index (χ0) is 9.47. The topological polar surface area (TPSA) is 38.9 Å². The van der Waals surface area contributed by atoms with E-state index in [0.29, 0.717) is 0 Å². The molecule has 0 amide bonds. The quantitative estimate of drug-likeness (QED) is 0.804. The van der Waals surface area contributed by atoms with Gasteiger partial charge in [0, 0.05) is 17.3 Å². The van der Waals surface area contributed by atoms with Crippen LogP contribution in [0, 0.1) is 12.8 Å². The van der Waals surface area contributed by atoms with Crippen molar-refractivity contribution in [3.05, 3.63) is 16.1 Å². The predicted octanol–water partition coefficient (Wildman–Crippen LogP) is 2.12. The van der Waals surface area contributed by atoms with E-state index in [1.165, 1.54) is 18.5 Å². The van der Waals surface area contributed by atoms with Crippen molar-refractivity contribution >= 4 is 11.3 Å². The molecule has 0 spiro atoms. The van der Waals surface area contributed by atoms with Gasteiger partial charge in [0.2, 0.25) is 0 Å². The summed E-state index contributed by atoms with van der Waals surface area (Å²) >= 11 is 1.72. The Morgan fingerprint density at radius 1 is 1.77 bits per heavy atom. The van der Waals surface area contributed by atoms with Crippen LogP contribution in [0.3, 0.4) is 0 Å².